The third-order valence-electron chi connectivity index (χ3n) is 4.81. The molecule has 0 aliphatic carbocycles. The molecule has 0 bridgehead atoms. The zero-order valence-electron chi connectivity index (χ0n) is 15.4. The van der Waals surface area contributed by atoms with Gasteiger partial charge < -0.3 is 14.6 Å². The highest BCUT2D eigenvalue weighted by atomic mass is 16.3. The van der Waals surface area contributed by atoms with Crippen molar-refractivity contribution in [2.75, 3.05) is 16.8 Å². The number of amides is 2. The van der Waals surface area contributed by atoms with Crippen LogP contribution in [0, 0.1) is 0 Å². The van der Waals surface area contributed by atoms with Crippen LogP contribution in [-0.4, -0.2) is 23.3 Å². The fraction of sp³-hybridized carbons (Fsp3) is 0.227. The molecule has 0 atom stereocenters. The van der Waals surface area contributed by atoms with Crippen molar-refractivity contribution in [2.45, 2.75) is 25.7 Å². The predicted octanol–water partition coefficient (Wildman–Crippen LogP) is 3.84. The highest BCUT2D eigenvalue weighted by Crippen LogP contribution is 2.31. The van der Waals surface area contributed by atoms with E-state index < -0.39 is 0 Å². The van der Waals surface area contributed by atoms with Crippen molar-refractivity contribution < 1.29 is 14.0 Å². The molecule has 0 unspecified atom stereocenters. The number of carbonyl (C=O) groups excluding carboxylic acids is 2. The highest BCUT2D eigenvalue weighted by molar-refractivity contribution is 6.06. The zero-order chi connectivity index (χ0) is 19.3. The second kappa shape index (κ2) is 8.08. The number of aryl methyl sites for hydroxylation is 2. The van der Waals surface area contributed by atoms with Gasteiger partial charge in [0.2, 0.25) is 5.91 Å². The summed E-state index contributed by atoms with van der Waals surface area (Å²) in [6.45, 7) is 0.676. The van der Waals surface area contributed by atoms with Crippen molar-refractivity contribution in [1.29, 1.82) is 0 Å². The number of rotatable bonds is 5. The van der Waals surface area contributed by atoms with Gasteiger partial charge in [-0.1, -0.05) is 0 Å². The zero-order valence-corrected chi connectivity index (χ0v) is 15.4. The molecule has 0 spiro atoms. The summed E-state index contributed by atoms with van der Waals surface area (Å²) in [4.78, 5) is 30.9. The van der Waals surface area contributed by atoms with Crippen LogP contribution in [0.3, 0.4) is 0 Å². The summed E-state index contributed by atoms with van der Waals surface area (Å²) < 4.78 is 5.26. The van der Waals surface area contributed by atoms with E-state index in [1.807, 2.05) is 30.3 Å². The molecule has 1 aromatic carbocycles. The number of aromatic nitrogens is 1. The number of pyridine rings is 1. The summed E-state index contributed by atoms with van der Waals surface area (Å²) >= 11 is 0. The van der Waals surface area contributed by atoms with E-state index in [-0.39, 0.29) is 11.8 Å². The molecular formula is C22H21N3O3. The van der Waals surface area contributed by atoms with Gasteiger partial charge >= 0.3 is 0 Å². The van der Waals surface area contributed by atoms with E-state index in [2.05, 4.69) is 10.3 Å². The summed E-state index contributed by atoms with van der Waals surface area (Å²) in [7, 11) is 0. The Balaban J connectivity index is 1.45. The lowest BCUT2D eigenvalue weighted by Crippen LogP contribution is -2.35. The molecule has 0 saturated heterocycles. The Kier molecular flexibility index (Phi) is 5.19. The monoisotopic (exact) mass is 375 g/mol. The van der Waals surface area contributed by atoms with Gasteiger partial charge in [0.25, 0.3) is 5.91 Å². The number of hydrogen-bond donors (Lipinski definition) is 1. The second-order valence-electron chi connectivity index (χ2n) is 6.77. The van der Waals surface area contributed by atoms with Crippen LogP contribution in [0.1, 0.15) is 34.5 Å². The third kappa shape index (κ3) is 3.96. The lowest BCUT2D eigenvalue weighted by molar-refractivity contribution is -0.116. The van der Waals surface area contributed by atoms with Crippen molar-refractivity contribution in [3.63, 3.8) is 0 Å². The molecule has 3 aromatic rings. The highest BCUT2D eigenvalue weighted by Gasteiger charge is 2.24. The van der Waals surface area contributed by atoms with Crippen LogP contribution in [0.4, 0.5) is 11.4 Å². The smallest absolute Gasteiger partial charge is 0.259 e. The average molecular weight is 375 g/mol. The number of fused-ring (bicyclic) bond motifs is 1. The fourth-order valence-electron chi connectivity index (χ4n) is 3.45. The number of benzene rings is 1. The number of hydrogen-bond acceptors (Lipinski definition) is 4. The van der Waals surface area contributed by atoms with Gasteiger partial charge in [-0.25, -0.2) is 0 Å². The minimum atomic E-state index is -0.0598. The van der Waals surface area contributed by atoms with E-state index in [4.69, 9.17) is 4.42 Å². The van der Waals surface area contributed by atoms with Crippen LogP contribution in [0.25, 0.3) is 0 Å². The molecule has 0 saturated carbocycles. The molecule has 142 valence electrons. The maximum absolute atomic E-state index is 12.8. The Hall–Kier alpha value is -3.41. The average Bonchev–Trinajstić information content (AvgIpc) is 3.25. The van der Waals surface area contributed by atoms with E-state index in [1.165, 1.54) is 0 Å². The summed E-state index contributed by atoms with van der Waals surface area (Å²) in [5.41, 5.74) is 3.28. The first kappa shape index (κ1) is 18.0. The number of nitrogens with one attached hydrogen (secondary N) is 1. The van der Waals surface area contributed by atoms with Gasteiger partial charge in [-0.15, -0.1) is 0 Å². The van der Waals surface area contributed by atoms with Crippen molar-refractivity contribution in [2.24, 2.45) is 0 Å². The summed E-state index contributed by atoms with van der Waals surface area (Å²) in [5, 5.41) is 2.94. The molecule has 6 nitrogen and oxygen atoms in total. The molecule has 2 aromatic heterocycles. The first-order valence-electron chi connectivity index (χ1n) is 9.38. The van der Waals surface area contributed by atoms with E-state index in [0.717, 1.165) is 35.5 Å². The minimum absolute atomic E-state index is 0.0516. The van der Waals surface area contributed by atoms with Crippen molar-refractivity contribution in [1.82, 2.24) is 4.98 Å². The van der Waals surface area contributed by atoms with Crippen LogP contribution in [0.15, 0.2) is 65.5 Å². The van der Waals surface area contributed by atoms with Crippen LogP contribution < -0.4 is 10.2 Å². The molecule has 1 N–H and O–H groups in total. The standard InChI is InChI=1S/C22H21N3O3/c26-21(10-8-19-6-3-13-28-19)24-18-7-9-20-16(14-18)5-2-12-25(20)22(27)17-4-1-11-23-15-17/h1,3-4,6-7,9,11,13-15H,2,5,8,10,12H2,(H,24,26). The topological polar surface area (TPSA) is 75.4 Å². The molecule has 6 heteroatoms. The Morgan fingerprint density at radius 2 is 2.11 bits per heavy atom. The van der Waals surface area contributed by atoms with Crippen molar-refractivity contribution >= 4 is 23.2 Å². The summed E-state index contributed by atoms with van der Waals surface area (Å²) in [6.07, 6.45) is 7.53. The van der Waals surface area contributed by atoms with Gasteiger partial charge in [0.05, 0.1) is 11.8 Å². The lowest BCUT2D eigenvalue weighted by atomic mass is 10.00. The molecule has 1 aliphatic rings. The summed E-state index contributed by atoms with van der Waals surface area (Å²) in [6, 6.07) is 12.9. The van der Waals surface area contributed by atoms with Gasteiger partial charge in [-0.2, -0.15) is 0 Å². The van der Waals surface area contributed by atoms with Gasteiger partial charge in [-0.3, -0.25) is 14.6 Å². The van der Waals surface area contributed by atoms with Gasteiger partial charge in [0, 0.05) is 43.2 Å². The summed E-state index contributed by atoms with van der Waals surface area (Å²) in [5.74, 6) is 0.685. The molecule has 0 fully saturated rings. The van der Waals surface area contributed by atoms with Gasteiger partial charge in [-0.05, 0) is 60.9 Å². The number of carbonyl (C=O) groups is 2. The second-order valence-corrected chi connectivity index (χ2v) is 6.77. The van der Waals surface area contributed by atoms with Crippen molar-refractivity contribution in [3.8, 4) is 0 Å². The Bertz CT molecular complexity index is 968. The maximum atomic E-state index is 12.8. The third-order valence-corrected chi connectivity index (χ3v) is 4.81. The number of anilines is 2. The molecular weight excluding hydrogens is 354 g/mol. The fourth-order valence-corrected chi connectivity index (χ4v) is 3.45. The quantitative estimate of drug-likeness (QED) is 0.735. The normalized spacial score (nSPS) is 13.1. The minimum Gasteiger partial charge on any atom is -0.469 e. The van der Waals surface area contributed by atoms with E-state index in [1.54, 1.807) is 35.7 Å². The molecule has 0 radical (unpaired) electrons. The van der Waals surface area contributed by atoms with E-state index in [9.17, 15) is 9.59 Å². The SMILES string of the molecule is O=C(CCc1ccco1)Nc1ccc2c(c1)CCCN2C(=O)c1cccnc1. The van der Waals surface area contributed by atoms with Crippen molar-refractivity contribution in [3.05, 3.63) is 78.0 Å². The molecule has 2 amide bonds. The molecule has 1 aliphatic heterocycles. The van der Waals surface area contributed by atoms with E-state index >= 15 is 0 Å². The van der Waals surface area contributed by atoms with Crippen LogP contribution in [-0.2, 0) is 17.6 Å². The Labute approximate surface area is 163 Å². The number of furan rings is 1. The molecule has 4 rings (SSSR count). The molecule has 3 heterocycles. The largest absolute Gasteiger partial charge is 0.469 e. The maximum Gasteiger partial charge on any atom is 0.259 e. The van der Waals surface area contributed by atoms with Crippen LogP contribution in [0.5, 0.6) is 0 Å². The Morgan fingerprint density at radius 1 is 1.18 bits per heavy atom. The number of nitrogens with zero attached hydrogens (tertiary/aromatic N) is 2. The predicted molar refractivity (Wildman–Crippen MR) is 106 cm³/mol. The van der Waals surface area contributed by atoms with Crippen LogP contribution in [0.2, 0.25) is 0 Å². The van der Waals surface area contributed by atoms with Gasteiger partial charge in [0.15, 0.2) is 0 Å². The first-order valence-corrected chi connectivity index (χ1v) is 9.38. The van der Waals surface area contributed by atoms with E-state index in [0.29, 0.717) is 24.9 Å². The first-order chi connectivity index (χ1) is 13.7. The van der Waals surface area contributed by atoms with Gasteiger partial charge in [0.1, 0.15) is 5.76 Å². The molecule has 28 heavy (non-hydrogen) atoms. The lowest BCUT2D eigenvalue weighted by Gasteiger charge is -2.30. The Morgan fingerprint density at radius 3 is 2.89 bits per heavy atom. The van der Waals surface area contributed by atoms with Crippen LogP contribution >= 0.6 is 0 Å².